The summed E-state index contributed by atoms with van der Waals surface area (Å²) in [6, 6.07) is 4.97. The quantitative estimate of drug-likeness (QED) is 0.431. The van der Waals surface area contributed by atoms with Gasteiger partial charge in [0.2, 0.25) is 12.4 Å². The Morgan fingerprint density at radius 1 is 0.886 bits per heavy atom. The summed E-state index contributed by atoms with van der Waals surface area (Å²) in [5.41, 5.74) is 0.571. The predicted molar refractivity (Wildman–Crippen MR) is 120 cm³/mol. The summed E-state index contributed by atoms with van der Waals surface area (Å²) in [5, 5.41) is 3.20. The molecule has 1 aliphatic heterocycles. The number of nitrogens with one attached hydrogen (secondary N) is 1. The number of halogens is 1. The molecule has 12 nitrogen and oxygen atoms in total. The normalized spacial score (nSPS) is 23.7. The van der Waals surface area contributed by atoms with Crippen molar-refractivity contribution < 1.29 is 47.7 Å². The Morgan fingerprint density at radius 3 is 2.06 bits per heavy atom. The summed E-state index contributed by atoms with van der Waals surface area (Å²) in [6.45, 7) is 4.26. The zero-order chi connectivity index (χ0) is 25.9. The number of nitrogens with zero attached hydrogens (tertiary/aromatic N) is 1. The maximum Gasteiger partial charge on any atom is 0.305 e. The molecule has 2 heterocycles. The topological polar surface area (TPSA) is 156 Å². The molecule has 1 saturated heterocycles. The molecule has 0 unspecified atom stereocenters. The van der Waals surface area contributed by atoms with Crippen molar-refractivity contribution in [2.24, 2.45) is 0 Å². The highest BCUT2D eigenvalue weighted by Gasteiger charge is 2.55. The number of rotatable bonds is 6. The van der Waals surface area contributed by atoms with Crippen LogP contribution in [0.15, 0.2) is 18.2 Å². The lowest BCUT2D eigenvalue weighted by Gasteiger charge is -2.43. The fraction of sp³-hybridized carbons (Fsp3) is 0.429. The number of hydrogen-bond donors (Lipinski definition) is 1. The van der Waals surface area contributed by atoms with Gasteiger partial charge in [0.15, 0.2) is 23.4 Å². The molecule has 0 spiro atoms. The maximum atomic E-state index is 13.2. The summed E-state index contributed by atoms with van der Waals surface area (Å²) >= 11 is 7.11. The van der Waals surface area contributed by atoms with E-state index in [9.17, 15) is 24.0 Å². The van der Waals surface area contributed by atoms with Crippen molar-refractivity contribution >= 4 is 68.1 Å². The summed E-state index contributed by atoms with van der Waals surface area (Å²) in [4.78, 5) is 64.6. The third-order valence-corrected chi connectivity index (χ3v) is 5.69. The molecule has 0 bridgehead atoms. The van der Waals surface area contributed by atoms with Gasteiger partial charge in [-0.2, -0.15) is 0 Å². The number of carbonyl (C=O) groups is 5. The molecule has 0 saturated carbocycles. The molecule has 1 aliphatic rings. The zero-order valence-electron chi connectivity index (χ0n) is 18.9. The van der Waals surface area contributed by atoms with E-state index in [1.54, 1.807) is 18.2 Å². The summed E-state index contributed by atoms with van der Waals surface area (Å²) in [5.74, 6) is -4.19. The lowest BCUT2D eigenvalue weighted by molar-refractivity contribution is -0.289. The average Bonchev–Trinajstić information content (AvgIpc) is 3.11. The van der Waals surface area contributed by atoms with Gasteiger partial charge in [0.05, 0.1) is 10.2 Å². The SMILES string of the molecule is CC(=O)O[C@@H]1O[C@H](C(=O)Nc2nc3ccc(Cl)cc3s2)[C@@H](OC(C)=O)[C@H](OC(C)=O)[C@H]1OC(C)=O. The highest BCUT2D eigenvalue weighted by atomic mass is 35.5. The number of hydrogen-bond acceptors (Lipinski definition) is 12. The fourth-order valence-corrected chi connectivity index (χ4v) is 4.52. The van der Waals surface area contributed by atoms with Crippen LogP contribution in [-0.4, -0.2) is 65.5 Å². The van der Waals surface area contributed by atoms with E-state index in [0.717, 1.165) is 39.0 Å². The van der Waals surface area contributed by atoms with Gasteiger partial charge in [0.25, 0.3) is 5.91 Å². The molecular weight excluding hydrogens is 508 g/mol. The van der Waals surface area contributed by atoms with E-state index in [0.29, 0.717) is 15.2 Å². The van der Waals surface area contributed by atoms with E-state index < -0.39 is 60.5 Å². The van der Waals surface area contributed by atoms with Crippen LogP contribution < -0.4 is 5.32 Å². The standard InChI is InChI=1S/C21H21ClN2O10S/c1-8(25)30-15-16(31-9(2)26)18(32-10(3)27)20(33-11(4)28)34-17(15)19(29)24-21-23-13-6-5-12(22)7-14(13)35-21/h5-7,15-18,20H,1-4H3,(H,23,24,29)/t15-,16-,17-,18+,20+/m0/s1. The minimum Gasteiger partial charge on any atom is -0.455 e. The Labute approximate surface area is 207 Å². The molecule has 2 aromatic rings. The monoisotopic (exact) mass is 528 g/mol. The van der Waals surface area contributed by atoms with Crippen LogP contribution in [0.4, 0.5) is 5.13 Å². The second-order valence-corrected chi connectivity index (χ2v) is 8.84. The van der Waals surface area contributed by atoms with Crippen LogP contribution in [0.3, 0.4) is 0 Å². The number of fused-ring (bicyclic) bond motifs is 1. The van der Waals surface area contributed by atoms with E-state index in [2.05, 4.69) is 10.3 Å². The van der Waals surface area contributed by atoms with Gasteiger partial charge in [-0.15, -0.1) is 0 Å². The Balaban J connectivity index is 1.98. The highest BCUT2D eigenvalue weighted by Crippen LogP contribution is 2.32. The van der Waals surface area contributed by atoms with Gasteiger partial charge < -0.3 is 23.7 Å². The first-order chi connectivity index (χ1) is 16.4. The maximum absolute atomic E-state index is 13.2. The van der Waals surface area contributed by atoms with Gasteiger partial charge in [-0.05, 0) is 18.2 Å². The van der Waals surface area contributed by atoms with Crippen molar-refractivity contribution in [1.29, 1.82) is 0 Å². The zero-order valence-corrected chi connectivity index (χ0v) is 20.5. The Kier molecular flexibility index (Phi) is 8.25. The predicted octanol–water partition coefficient (Wildman–Crippen LogP) is 1.97. The number of ether oxygens (including phenoxy) is 5. The average molecular weight is 529 g/mol. The van der Waals surface area contributed by atoms with Crippen LogP contribution in [0.25, 0.3) is 10.2 Å². The molecule has 1 amide bonds. The van der Waals surface area contributed by atoms with E-state index in [4.69, 9.17) is 35.3 Å². The van der Waals surface area contributed by atoms with E-state index in [-0.39, 0.29) is 5.13 Å². The van der Waals surface area contributed by atoms with E-state index >= 15 is 0 Å². The van der Waals surface area contributed by atoms with Crippen LogP contribution in [0.2, 0.25) is 5.02 Å². The molecule has 14 heteroatoms. The molecule has 35 heavy (non-hydrogen) atoms. The first-order valence-electron chi connectivity index (χ1n) is 10.2. The fourth-order valence-electron chi connectivity index (χ4n) is 3.37. The summed E-state index contributed by atoms with van der Waals surface area (Å²) in [7, 11) is 0. The van der Waals surface area contributed by atoms with Crippen molar-refractivity contribution in [3.63, 3.8) is 0 Å². The van der Waals surface area contributed by atoms with Crippen molar-refractivity contribution in [2.45, 2.75) is 58.4 Å². The minimum absolute atomic E-state index is 0.174. The Morgan fingerprint density at radius 2 is 1.46 bits per heavy atom. The van der Waals surface area contributed by atoms with Crippen LogP contribution in [0, 0.1) is 0 Å². The number of anilines is 1. The third-order valence-electron chi connectivity index (χ3n) is 4.52. The Hall–Kier alpha value is -3.29. The van der Waals surface area contributed by atoms with Crippen LogP contribution in [0.5, 0.6) is 0 Å². The van der Waals surface area contributed by atoms with E-state index in [1.807, 2.05) is 0 Å². The van der Waals surface area contributed by atoms with Gasteiger partial charge in [-0.1, -0.05) is 22.9 Å². The number of carbonyl (C=O) groups excluding carboxylic acids is 5. The summed E-state index contributed by atoms with van der Waals surface area (Å²) < 4.78 is 27.1. The van der Waals surface area contributed by atoms with Crippen molar-refractivity contribution in [3.05, 3.63) is 23.2 Å². The molecule has 5 atom stereocenters. The number of aromatic nitrogens is 1. The molecule has 0 radical (unpaired) electrons. The molecule has 1 aromatic carbocycles. The molecule has 188 valence electrons. The molecule has 3 rings (SSSR count). The van der Waals surface area contributed by atoms with Gasteiger partial charge in [0.1, 0.15) is 0 Å². The van der Waals surface area contributed by atoms with Crippen molar-refractivity contribution in [3.8, 4) is 0 Å². The lowest BCUT2D eigenvalue weighted by Crippen LogP contribution is -2.64. The minimum atomic E-state index is -1.66. The van der Waals surface area contributed by atoms with Gasteiger partial charge in [0, 0.05) is 32.7 Å². The largest absolute Gasteiger partial charge is 0.455 e. The lowest BCUT2D eigenvalue weighted by atomic mass is 9.97. The van der Waals surface area contributed by atoms with Crippen molar-refractivity contribution in [2.75, 3.05) is 5.32 Å². The van der Waals surface area contributed by atoms with Gasteiger partial charge in [-0.3, -0.25) is 29.3 Å². The molecule has 1 N–H and O–H groups in total. The first-order valence-corrected chi connectivity index (χ1v) is 11.4. The van der Waals surface area contributed by atoms with Gasteiger partial charge >= 0.3 is 23.9 Å². The third kappa shape index (κ3) is 6.65. The number of benzene rings is 1. The molecular formula is C21H21ClN2O10S. The van der Waals surface area contributed by atoms with Crippen LogP contribution in [-0.2, 0) is 47.7 Å². The second-order valence-electron chi connectivity index (χ2n) is 7.38. The van der Waals surface area contributed by atoms with Crippen LogP contribution in [0.1, 0.15) is 27.7 Å². The number of amides is 1. The van der Waals surface area contributed by atoms with E-state index in [1.165, 1.54) is 0 Å². The molecule has 0 aliphatic carbocycles. The number of esters is 4. The molecule has 1 fully saturated rings. The first kappa shape index (κ1) is 26.3. The molecule has 1 aromatic heterocycles. The Bertz CT molecular complexity index is 1170. The van der Waals surface area contributed by atoms with Crippen LogP contribution >= 0.6 is 22.9 Å². The second kappa shape index (κ2) is 11.0. The van der Waals surface area contributed by atoms with Crippen molar-refractivity contribution in [1.82, 2.24) is 4.98 Å². The number of thiazole rings is 1. The summed E-state index contributed by atoms with van der Waals surface area (Å²) in [6.07, 6.45) is -7.93. The highest BCUT2D eigenvalue weighted by molar-refractivity contribution is 7.22. The van der Waals surface area contributed by atoms with Gasteiger partial charge in [-0.25, -0.2) is 4.98 Å². The smallest absolute Gasteiger partial charge is 0.305 e.